The first-order chi connectivity index (χ1) is 14.4. The van der Waals surface area contributed by atoms with E-state index in [1.165, 1.54) is 28.3 Å². The molecule has 3 aromatic rings. The highest BCUT2D eigenvalue weighted by molar-refractivity contribution is 6.22. The summed E-state index contributed by atoms with van der Waals surface area (Å²) in [7, 11) is 0. The summed E-state index contributed by atoms with van der Waals surface area (Å²) in [4.78, 5) is 40.9. The summed E-state index contributed by atoms with van der Waals surface area (Å²) in [5.41, 5.74) is 4.61. The molecule has 0 bridgehead atoms. The number of carbonyl (C=O) groups excluding carboxylic acids is 3. The van der Waals surface area contributed by atoms with E-state index in [1.54, 1.807) is 24.3 Å². The van der Waals surface area contributed by atoms with Gasteiger partial charge in [0, 0.05) is 36.3 Å². The van der Waals surface area contributed by atoms with Gasteiger partial charge in [-0.3, -0.25) is 14.4 Å². The molecule has 7 nitrogen and oxygen atoms in total. The molecule has 2 aromatic carbocycles. The molecular formula is C23H24N4O3. The lowest BCUT2D eigenvalue weighted by atomic mass is 10.1. The Morgan fingerprint density at radius 1 is 1.17 bits per heavy atom. The van der Waals surface area contributed by atoms with E-state index >= 15 is 0 Å². The summed E-state index contributed by atoms with van der Waals surface area (Å²) < 4.78 is 0. The minimum Gasteiger partial charge on any atom is -0.361 e. The van der Waals surface area contributed by atoms with Crippen molar-refractivity contribution in [3.8, 4) is 0 Å². The average Bonchev–Trinajstić information content (AvgIpc) is 3.22. The first-order valence-electron chi connectivity index (χ1n) is 9.97. The van der Waals surface area contributed by atoms with E-state index < -0.39 is 6.04 Å². The molecule has 1 aromatic heterocycles. The van der Waals surface area contributed by atoms with E-state index in [1.807, 2.05) is 6.20 Å². The number of H-pyrrole nitrogens is 1. The highest BCUT2D eigenvalue weighted by Crippen LogP contribution is 2.25. The predicted molar refractivity (Wildman–Crippen MR) is 116 cm³/mol. The second-order valence-corrected chi connectivity index (χ2v) is 7.62. The van der Waals surface area contributed by atoms with Gasteiger partial charge in [0.05, 0.1) is 18.2 Å². The van der Waals surface area contributed by atoms with Gasteiger partial charge in [-0.2, -0.15) is 0 Å². The number of fused-ring (bicyclic) bond motifs is 1. The molecule has 1 atom stereocenters. The fraction of sp³-hybridized carbons (Fsp3) is 0.261. The van der Waals surface area contributed by atoms with Crippen LogP contribution in [0.25, 0.3) is 10.9 Å². The molecule has 0 unspecified atom stereocenters. The molecule has 4 rings (SSSR count). The zero-order chi connectivity index (χ0) is 21.3. The molecule has 0 spiro atoms. The predicted octanol–water partition coefficient (Wildman–Crippen LogP) is 2.90. The molecule has 3 amide bonds. The van der Waals surface area contributed by atoms with Crippen LogP contribution in [0.1, 0.15) is 24.5 Å². The van der Waals surface area contributed by atoms with E-state index in [0.717, 1.165) is 11.9 Å². The highest BCUT2D eigenvalue weighted by Gasteiger charge is 2.39. The topological polar surface area (TPSA) is 94.3 Å². The third-order valence-corrected chi connectivity index (χ3v) is 5.30. The summed E-state index contributed by atoms with van der Waals surface area (Å²) in [6.07, 6.45) is 2.89. The Hall–Kier alpha value is -3.45. The lowest BCUT2D eigenvalue weighted by molar-refractivity contribution is -0.121. The maximum absolute atomic E-state index is 12.8. The molecule has 2 heterocycles. The Morgan fingerprint density at radius 3 is 2.67 bits per heavy atom. The van der Waals surface area contributed by atoms with Crippen molar-refractivity contribution in [3.63, 3.8) is 0 Å². The summed E-state index contributed by atoms with van der Waals surface area (Å²) in [5, 5.41) is 7.09. The van der Waals surface area contributed by atoms with E-state index in [9.17, 15) is 14.4 Å². The Kier molecular flexibility index (Phi) is 5.37. The first kappa shape index (κ1) is 19.8. The Labute approximate surface area is 174 Å². The smallest absolute Gasteiger partial charge is 0.251 e. The molecule has 154 valence electrons. The zero-order valence-corrected chi connectivity index (χ0v) is 17.0. The molecule has 1 aliphatic heterocycles. The molecule has 30 heavy (non-hydrogen) atoms. The van der Waals surface area contributed by atoms with Crippen LogP contribution in [0.5, 0.6) is 0 Å². The lowest BCUT2D eigenvalue weighted by Crippen LogP contribution is -2.39. The minimum absolute atomic E-state index is 0.138. The fourth-order valence-corrected chi connectivity index (χ4v) is 3.84. The first-order valence-corrected chi connectivity index (χ1v) is 9.97. The van der Waals surface area contributed by atoms with Gasteiger partial charge in [-0.1, -0.05) is 11.6 Å². The maximum Gasteiger partial charge on any atom is 0.251 e. The van der Waals surface area contributed by atoms with Crippen molar-refractivity contribution < 1.29 is 14.4 Å². The summed E-state index contributed by atoms with van der Waals surface area (Å²) in [5.74, 6) is -0.653. The third-order valence-electron chi connectivity index (χ3n) is 5.30. The number of nitrogens with one attached hydrogen (secondary N) is 3. The van der Waals surface area contributed by atoms with Crippen molar-refractivity contribution in [2.24, 2.45) is 0 Å². The molecule has 0 radical (unpaired) electrons. The largest absolute Gasteiger partial charge is 0.361 e. The number of benzene rings is 2. The van der Waals surface area contributed by atoms with Gasteiger partial charge in [-0.25, -0.2) is 4.90 Å². The summed E-state index contributed by atoms with van der Waals surface area (Å²) >= 11 is 0. The van der Waals surface area contributed by atoms with Crippen LogP contribution < -0.4 is 15.5 Å². The molecule has 1 fully saturated rings. The minimum atomic E-state index is -0.528. The summed E-state index contributed by atoms with van der Waals surface area (Å²) in [6.45, 7) is 4.09. The molecule has 1 aliphatic rings. The van der Waals surface area contributed by atoms with Gasteiger partial charge in [0.25, 0.3) is 5.91 Å². The van der Waals surface area contributed by atoms with Crippen molar-refractivity contribution in [1.82, 2.24) is 10.3 Å². The van der Waals surface area contributed by atoms with Crippen molar-refractivity contribution in [3.05, 3.63) is 59.8 Å². The molecule has 7 heteroatoms. The molecule has 0 aliphatic carbocycles. The number of amides is 3. The van der Waals surface area contributed by atoms with Crippen LogP contribution >= 0.6 is 0 Å². The number of hydrogen-bond acceptors (Lipinski definition) is 4. The highest BCUT2D eigenvalue weighted by atomic mass is 16.2. The Balaban J connectivity index is 1.39. The monoisotopic (exact) mass is 404 g/mol. The number of aromatic nitrogens is 1. The van der Waals surface area contributed by atoms with Gasteiger partial charge >= 0.3 is 0 Å². The summed E-state index contributed by atoms with van der Waals surface area (Å²) in [6, 6.07) is 12.4. The van der Waals surface area contributed by atoms with Crippen molar-refractivity contribution in [1.29, 1.82) is 0 Å². The number of carbonyl (C=O) groups is 3. The van der Waals surface area contributed by atoms with Crippen LogP contribution in [0.15, 0.2) is 48.7 Å². The average molecular weight is 404 g/mol. The molecular weight excluding hydrogens is 380 g/mol. The van der Waals surface area contributed by atoms with Gasteiger partial charge in [-0.05, 0) is 55.3 Å². The number of hydrogen-bond donors (Lipinski definition) is 3. The fourth-order valence-electron chi connectivity index (χ4n) is 3.84. The number of anilines is 2. The van der Waals surface area contributed by atoms with E-state index in [2.05, 4.69) is 40.7 Å². The van der Waals surface area contributed by atoms with E-state index in [0.29, 0.717) is 17.9 Å². The van der Waals surface area contributed by atoms with E-state index in [4.69, 9.17) is 0 Å². The quantitative estimate of drug-likeness (QED) is 0.551. The zero-order valence-electron chi connectivity index (χ0n) is 17.0. The van der Waals surface area contributed by atoms with Gasteiger partial charge in [-0.15, -0.1) is 0 Å². The van der Waals surface area contributed by atoms with Crippen LogP contribution in [-0.4, -0.2) is 35.3 Å². The third kappa shape index (κ3) is 3.97. The number of aromatic amines is 1. The van der Waals surface area contributed by atoms with Crippen LogP contribution in [-0.2, 0) is 20.8 Å². The van der Waals surface area contributed by atoms with Crippen molar-refractivity contribution in [2.75, 3.05) is 16.8 Å². The standard InChI is InChI=1S/C23H24N4O3/c1-14-3-8-20-19(11-14)16(13-25-20)9-10-24-21-12-22(29)27(23(21)30)18-6-4-17(5-7-18)26-15(2)28/h3-8,11,13,21,24-25H,9-10,12H2,1-2H3,(H,26,28)/t21-/m0/s1. The molecule has 3 N–H and O–H groups in total. The number of rotatable bonds is 6. The Morgan fingerprint density at radius 2 is 1.93 bits per heavy atom. The Bertz CT molecular complexity index is 1120. The van der Waals surface area contributed by atoms with Crippen LogP contribution in [0.3, 0.4) is 0 Å². The number of nitrogens with zero attached hydrogens (tertiary/aromatic N) is 1. The lowest BCUT2D eigenvalue weighted by Gasteiger charge is -2.16. The van der Waals surface area contributed by atoms with E-state index in [-0.39, 0.29) is 24.1 Å². The van der Waals surface area contributed by atoms with Crippen molar-refractivity contribution >= 4 is 40.0 Å². The normalized spacial score (nSPS) is 16.5. The second kappa shape index (κ2) is 8.12. The SMILES string of the molecule is CC(=O)Nc1ccc(N2C(=O)C[C@H](NCCc3c[nH]c4ccc(C)cc34)C2=O)cc1. The number of aryl methyl sites for hydroxylation is 1. The second-order valence-electron chi connectivity index (χ2n) is 7.62. The van der Waals surface area contributed by atoms with Gasteiger partial charge in [0.1, 0.15) is 0 Å². The van der Waals surface area contributed by atoms with Crippen molar-refractivity contribution in [2.45, 2.75) is 32.7 Å². The molecule has 0 saturated carbocycles. The van der Waals surface area contributed by atoms with Crippen LogP contribution in [0.4, 0.5) is 11.4 Å². The van der Waals surface area contributed by atoms with Gasteiger partial charge < -0.3 is 15.6 Å². The maximum atomic E-state index is 12.8. The van der Waals surface area contributed by atoms with Gasteiger partial charge in [0.15, 0.2) is 0 Å². The van der Waals surface area contributed by atoms with Crippen LogP contribution in [0.2, 0.25) is 0 Å². The van der Waals surface area contributed by atoms with Gasteiger partial charge in [0.2, 0.25) is 11.8 Å². The van der Waals surface area contributed by atoms with Crippen LogP contribution in [0, 0.1) is 6.92 Å². The molecule has 1 saturated heterocycles. The number of imide groups is 1.